The molecule has 4 rings (SSSR count). The number of carboxylic acids is 1. The van der Waals surface area contributed by atoms with Crippen molar-refractivity contribution in [2.45, 2.75) is 50.4 Å². The number of rotatable bonds is 5. The number of ether oxygens (including phenoxy) is 1. The molecule has 5 nitrogen and oxygen atoms in total. The number of piperidine rings is 1. The number of carbonyl (C=O) groups is 2. The molecule has 2 aliphatic rings. The maximum atomic E-state index is 12.9. The van der Waals surface area contributed by atoms with Crippen molar-refractivity contribution >= 4 is 11.9 Å². The predicted molar refractivity (Wildman–Crippen MR) is 105 cm³/mol. The number of fused-ring (bicyclic) bond motifs is 1. The number of aryl methyl sites for hydroxylation is 1. The lowest BCUT2D eigenvalue weighted by molar-refractivity contribution is -0.137. The van der Waals surface area contributed by atoms with E-state index in [4.69, 9.17) is 9.84 Å². The van der Waals surface area contributed by atoms with E-state index in [1.165, 1.54) is 5.56 Å². The van der Waals surface area contributed by atoms with Crippen molar-refractivity contribution in [2.24, 2.45) is 0 Å². The number of aromatic carboxylic acids is 1. The number of nitrogens with zero attached hydrogens (tertiary/aromatic N) is 1. The highest BCUT2D eigenvalue weighted by atomic mass is 16.5. The van der Waals surface area contributed by atoms with Gasteiger partial charge < -0.3 is 14.7 Å². The number of hydrogen-bond acceptors (Lipinski definition) is 3. The van der Waals surface area contributed by atoms with Crippen molar-refractivity contribution < 1.29 is 19.4 Å². The molecule has 2 aromatic carbocycles. The third-order valence-corrected chi connectivity index (χ3v) is 5.83. The van der Waals surface area contributed by atoms with Crippen molar-refractivity contribution in [1.82, 2.24) is 4.90 Å². The van der Waals surface area contributed by atoms with Crippen LogP contribution < -0.4 is 0 Å². The van der Waals surface area contributed by atoms with E-state index in [1.807, 2.05) is 23.1 Å². The second-order valence-electron chi connectivity index (χ2n) is 7.61. The molecule has 0 unspecified atom stereocenters. The molecule has 0 saturated carbocycles. The topological polar surface area (TPSA) is 66.8 Å². The summed E-state index contributed by atoms with van der Waals surface area (Å²) in [4.78, 5) is 25.9. The second-order valence-corrected chi connectivity index (χ2v) is 7.61. The zero-order valence-corrected chi connectivity index (χ0v) is 15.8. The van der Waals surface area contributed by atoms with Crippen LogP contribution in [0.2, 0.25) is 0 Å². The Labute approximate surface area is 164 Å². The minimum atomic E-state index is -0.934. The average Bonchev–Trinajstić information content (AvgIpc) is 3.17. The smallest absolute Gasteiger partial charge is 0.335 e. The number of benzene rings is 2. The predicted octanol–water partition coefficient (Wildman–Crippen LogP) is 3.84. The first-order valence-corrected chi connectivity index (χ1v) is 9.94. The Bertz CT molecular complexity index is 833. The Balaban J connectivity index is 1.38. The van der Waals surface area contributed by atoms with E-state index < -0.39 is 5.97 Å². The van der Waals surface area contributed by atoms with E-state index in [2.05, 4.69) is 12.1 Å². The lowest BCUT2D eigenvalue weighted by atomic mass is 9.95. The fraction of sp³-hybridized carbons (Fsp3) is 0.391. The molecule has 3 atom stereocenters. The van der Waals surface area contributed by atoms with E-state index in [9.17, 15) is 9.59 Å². The molecule has 0 aromatic heterocycles. The van der Waals surface area contributed by atoms with Crippen LogP contribution in [0.25, 0.3) is 0 Å². The maximum Gasteiger partial charge on any atom is 0.335 e. The molecule has 0 bridgehead atoms. The van der Waals surface area contributed by atoms with Crippen LogP contribution in [0.4, 0.5) is 0 Å². The van der Waals surface area contributed by atoms with E-state index >= 15 is 0 Å². The van der Waals surface area contributed by atoms with Gasteiger partial charge in [0.1, 0.15) is 0 Å². The summed E-state index contributed by atoms with van der Waals surface area (Å²) in [5.74, 6) is -0.773. The summed E-state index contributed by atoms with van der Waals surface area (Å²) < 4.78 is 6.28. The molecule has 2 saturated heterocycles. The number of carbonyl (C=O) groups excluding carboxylic acids is 1. The quantitative estimate of drug-likeness (QED) is 0.857. The molecule has 2 aliphatic heterocycles. The van der Waals surface area contributed by atoms with Crippen LogP contribution in [0.15, 0.2) is 54.6 Å². The maximum absolute atomic E-state index is 12.9. The van der Waals surface area contributed by atoms with E-state index in [0.717, 1.165) is 31.4 Å². The van der Waals surface area contributed by atoms with Gasteiger partial charge in [-0.15, -0.1) is 0 Å². The average molecular weight is 379 g/mol. The first-order valence-electron chi connectivity index (χ1n) is 9.94. The summed E-state index contributed by atoms with van der Waals surface area (Å²) in [7, 11) is 0. The highest BCUT2D eigenvalue weighted by Crippen LogP contribution is 2.39. The van der Waals surface area contributed by atoms with E-state index in [1.54, 1.807) is 24.3 Å². The monoisotopic (exact) mass is 379 g/mol. The highest BCUT2D eigenvalue weighted by molar-refractivity contribution is 5.87. The van der Waals surface area contributed by atoms with Gasteiger partial charge in [0.25, 0.3) is 0 Å². The molecule has 1 N–H and O–H groups in total. The minimum Gasteiger partial charge on any atom is -0.478 e. The van der Waals surface area contributed by atoms with Crippen LogP contribution in [-0.4, -0.2) is 40.6 Å². The molecule has 28 heavy (non-hydrogen) atoms. The lowest BCUT2D eigenvalue weighted by Gasteiger charge is -2.36. The molecule has 2 fully saturated rings. The van der Waals surface area contributed by atoms with Crippen molar-refractivity contribution in [2.75, 3.05) is 6.54 Å². The molecule has 0 radical (unpaired) electrons. The Morgan fingerprint density at radius 3 is 2.54 bits per heavy atom. The minimum absolute atomic E-state index is 0.0631. The number of hydrogen-bond donors (Lipinski definition) is 1. The van der Waals surface area contributed by atoms with Crippen LogP contribution in [0.1, 0.15) is 53.3 Å². The highest BCUT2D eigenvalue weighted by Gasteiger charge is 2.42. The summed E-state index contributed by atoms with van der Waals surface area (Å²) in [6.45, 7) is 0.794. The van der Waals surface area contributed by atoms with E-state index in [-0.39, 0.29) is 29.7 Å². The lowest BCUT2D eigenvalue weighted by Crippen LogP contribution is -2.48. The number of amides is 1. The standard InChI is InChI=1S/C23H25NO4/c25-22(13-10-16-8-11-18(12-9-16)23(26)27)24-14-4-7-20-19(24)15-21(28-20)17-5-2-1-3-6-17/h1-3,5-6,8-9,11-12,19-21H,4,7,10,13-15H2,(H,26,27)/t19-,20-,21-/m0/s1. The van der Waals surface area contributed by atoms with Gasteiger partial charge >= 0.3 is 5.97 Å². The van der Waals surface area contributed by atoms with Gasteiger partial charge in [-0.3, -0.25) is 4.79 Å². The van der Waals surface area contributed by atoms with Crippen LogP contribution in [0.5, 0.6) is 0 Å². The third kappa shape index (κ3) is 3.94. The Morgan fingerprint density at radius 2 is 1.82 bits per heavy atom. The molecule has 146 valence electrons. The summed E-state index contributed by atoms with van der Waals surface area (Å²) in [5, 5.41) is 8.98. The summed E-state index contributed by atoms with van der Waals surface area (Å²) in [6, 6.07) is 17.2. The third-order valence-electron chi connectivity index (χ3n) is 5.83. The molecule has 5 heteroatoms. The van der Waals surface area contributed by atoms with Gasteiger partial charge in [-0.2, -0.15) is 0 Å². The van der Waals surface area contributed by atoms with Gasteiger partial charge in [-0.1, -0.05) is 42.5 Å². The van der Waals surface area contributed by atoms with Gasteiger partial charge in [0.2, 0.25) is 5.91 Å². The molecule has 1 amide bonds. The SMILES string of the molecule is O=C(O)c1ccc(CCC(=O)N2CCC[C@@H]3O[C@H](c4ccccc4)C[C@@H]32)cc1. The molecular weight excluding hydrogens is 354 g/mol. The zero-order valence-electron chi connectivity index (χ0n) is 15.8. The Kier molecular flexibility index (Phi) is 5.44. The Hall–Kier alpha value is -2.66. The van der Waals surface area contributed by atoms with Gasteiger partial charge in [0.15, 0.2) is 0 Å². The van der Waals surface area contributed by atoms with Crippen LogP contribution in [-0.2, 0) is 16.0 Å². The molecule has 2 aromatic rings. The molecule has 2 heterocycles. The largest absolute Gasteiger partial charge is 0.478 e. The van der Waals surface area contributed by atoms with Crippen LogP contribution in [0.3, 0.4) is 0 Å². The summed E-state index contributed by atoms with van der Waals surface area (Å²) in [5.41, 5.74) is 2.43. The first kappa shape index (κ1) is 18.7. The van der Waals surface area contributed by atoms with Crippen molar-refractivity contribution in [3.05, 3.63) is 71.3 Å². The summed E-state index contributed by atoms with van der Waals surface area (Å²) >= 11 is 0. The van der Waals surface area contributed by atoms with Gasteiger partial charge in [-0.05, 0) is 42.5 Å². The van der Waals surface area contributed by atoms with Gasteiger partial charge in [0, 0.05) is 19.4 Å². The second kappa shape index (κ2) is 8.15. The summed E-state index contributed by atoms with van der Waals surface area (Å²) in [6.07, 6.45) is 4.08. The number of carboxylic acid groups (broad SMARTS) is 1. The fourth-order valence-corrected chi connectivity index (χ4v) is 4.35. The van der Waals surface area contributed by atoms with Gasteiger partial charge in [-0.25, -0.2) is 4.79 Å². The molecule has 0 spiro atoms. The van der Waals surface area contributed by atoms with Crippen LogP contribution in [0, 0.1) is 0 Å². The first-order chi connectivity index (χ1) is 13.6. The van der Waals surface area contributed by atoms with Crippen molar-refractivity contribution in [3.63, 3.8) is 0 Å². The normalized spacial score (nSPS) is 24.0. The van der Waals surface area contributed by atoms with Crippen LogP contribution >= 0.6 is 0 Å². The number of likely N-dealkylation sites (tertiary alicyclic amines) is 1. The van der Waals surface area contributed by atoms with Crippen molar-refractivity contribution in [1.29, 1.82) is 0 Å². The van der Waals surface area contributed by atoms with Gasteiger partial charge in [0.05, 0.1) is 23.8 Å². The molecular formula is C23H25NO4. The molecule has 0 aliphatic carbocycles. The fourth-order valence-electron chi connectivity index (χ4n) is 4.35. The van der Waals surface area contributed by atoms with Crippen molar-refractivity contribution in [3.8, 4) is 0 Å². The Morgan fingerprint density at radius 1 is 1.07 bits per heavy atom. The van der Waals surface area contributed by atoms with E-state index in [0.29, 0.717) is 12.8 Å². The zero-order chi connectivity index (χ0) is 19.5.